The summed E-state index contributed by atoms with van der Waals surface area (Å²) in [6.45, 7) is 1.99. The topological polar surface area (TPSA) is 34.1 Å². The fourth-order valence-electron chi connectivity index (χ4n) is 4.22. The summed E-state index contributed by atoms with van der Waals surface area (Å²) in [5, 5.41) is 0. The van der Waals surface area contributed by atoms with Gasteiger partial charge in [0.15, 0.2) is 11.6 Å². The van der Waals surface area contributed by atoms with Gasteiger partial charge in [-0.05, 0) is 18.3 Å². The molecule has 3 aliphatic rings. The van der Waals surface area contributed by atoms with E-state index in [1.807, 2.05) is 19.1 Å². The van der Waals surface area contributed by atoms with Crippen LogP contribution in [0.5, 0.6) is 0 Å². The Morgan fingerprint density at radius 1 is 1.11 bits per heavy atom. The van der Waals surface area contributed by atoms with Gasteiger partial charge in [0.25, 0.3) is 0 Å². The molecular weight excluding hydrogens is 224 g/mol. The van der Waals surface area contributed by atoms with Gasteiger partial charge in [-0.2, -0.15) is 0 Å². The maximum Gasteiger partial charge on any atom is 0.170 e. The van der Waals surface area contributed by atoms with Crippen LogP contribution in [0.2, 0.25) is 0 Å². The molecule has 0 spiro atoms. The minimum atomic E-state index is -0.495. The molecule has 90 valence electrons. The van der Waals surface area contributed by atoms with Crippen LogP contribution in [-0.2, 0) is 0 Å². The molecule has 18 heavy (non-hydrogen) atoms. The molecule has 4 rings (SSSR count). The normalized spacial score (nSPS) is 39.9. The van der Waals surface area contributed by atoms with Crippen LogP contribution in [0.25, 0.3) is 0 Å². The second kappa shape index (κ2) is 3.00. The molecule has 0 radical (unpaired) electrons. The summed E-state index contributed by atoms with van der Waals surface area (Å²) in [5.41, 5.74) is 0.762. The van der Waals surface area contributed by atoms with Crippen molar-refractivity contribution in [3.63, 3.8) is 0 Å². The van der Waals surface area contributed by atoms with Gasteiger partial charge in [0, 0.05) is 22.5 Å². The van der Waals surface area contributed by atoms with E-state index in [0.717, 1.165) is 6.42 Å². The van der Waals surface area contributed by atoms with E-state index in [4.69, 9.17) is 0 Å². The van der Waals surface area contributed by atoms with Gasteiger partial charge in [-0.15, -0.1) is 0 Å². The summed E-state index contributed by atoms with van der Waals surface area (Å²) in [4.78, 5) is 25.4. The molecular formula is C16H14O2. The smallest absolute Gasteiger partial charge is 0.170 e. The largest absolute Gasteiger partial charge is 0.294 e. The quantitative estimate of drug-likeness (QED) is 0.651. The fourth-order valence-corrected chi connectivity index (χ4v) is 4.22. The number of hydrogen-bond donors (Lipinski definition) is 0. The Kier molecular flexibility index (Phi) is 1.71. The number of carbonyl (C=O) groups is 2. The van der Waals surface area contributed by atoms with E-state index in [9.17, 15) is 9.59 Å². The van der Waals surface area contributed by atoms with Crippen LogP contribution in [0.3, 0.4) is 0 Å². The second-order valence-electron chi connectivity index (χ2n) is 5.89. The van der Waals surface area contributed by atoms with Gasteiger partial charge in [0.05, 0.1) is 0 Å². The van der Waals surface area contributed by atoms with E-state index >= 15 is 0 Å². The minimum absolute atomic E-state index is 0.130. The van der Waals surface area contributed by atoms with Crippen molar-refractivity contribution in [1.82, 2.24) is 0 Å². The molecule has 1 saturated carbocycles. The van der Waals surface area contributed by atoms with Crippen molar-refractivity contribution in [1.29, 1.82) is 0 Å². The standard InChI is InChI=1S/C16H14O2/c1-16-10-7-6-9(8-10)13(16)14(17)11-4-2-3-5-12(11)15(16)18/h2-7,9-10,13H,8H2,1H3/t9-,10+,13+,16+/m0/s1. The average Bonchev–Trinajstić information content (AvgIpc) is 2.96. The second-order valence-corrected chi connectivity index (χ2v) is 5.89. The highest BCUT2D eigenvalue weighted by Gasteiger charge is 2.62. The molecule has 1 aromatic carbocycles. The van der Waals surface area contributed by atoms with Crippen LogP contribution in [-0.4, -0.2) is 11.6 Å². The van der Waals surface area contributed by atoms with Crippen molar-refractivity contribution >= 4 is 11.6 Å². The molecule has 2 bridgehead atoms. The highest BCUT2D eigenvalue weighted by molar-refractivity contribution is 6.18. The van der Waals surface area contributed by atoms with Crippen LogP contribution in [0, 0.1) is 23.2 Å². The van der Waals surface area contributed by atoms with Crippen LogP contribution in [0.15, 0.2) is 36.4 Å². The lowest BCUT2D eigenvalue weighted by molar-refractivity contribution is 0.0552. The summed E-state index contributed by atoms with van der Waals surface area (Å²) in [6, 6.07) is 7.28. The Morgan fingerprint density at radius 2 is 1.83 bits per heavy atom. The first-order valence-corrected chi connectivity index (χ1v) is 6.50. The number of benzene rings is 1. The number of fused-ring (bicyclic) bond motifs is 6. The Balaban J connectivity index is 2.00. The molecule has 2 heteroatoms. The van der Waals surface area contributed by atoms with E-state index in [-0.39, 0.29) is 29.3 Å². The van der Waals surface area contributed by atoms with E-state index in [1.54, 1.807) is 12.1 Å². The zero-order valence-corrected chi connectivity index (χ0v) is 10.2. The number of carbonyl (C=O) groups excluding carboxylic acids is 2. The molecule has 0 aromatic heterocycles. The SMILES string of the molecule is C[C@]12C(=O)c3ccccc3C(=O)[C@H]1[C@H]1C=C[C@@H]2C1. The number of allylic oxidation sites excluding steroid dienone is 2. The summed E-state index contributed by atoms with van der Waals surface area (Å²) in [7, 11) is 0. The molecule has 0 saturated heterocycles. The number of rotatable bonds is 0. The van der Waals surface area contributed by atoms with Gasteiger partial charge in [-0.25, -0.2) is 0 Å². The Labute approximate surface area is 106 Å². The monoisotopic (exact) mass is 238 g/mol. The van der Waals surface area contributed by atoms with Gasteiger partial charge in [-0.1, -0.05) is 43.3 Å². The summed E-state index contributed by atoms with van der Waals surface area (Å²) in [5.74, 6) is 0.723. The molecule has 0 unspecified atom stereocenters. The Bertz CT molecular complexity index is 613. The highest BCUT2D eigenvalue weighted by atomic mass is 16.1. The first kappa shape index (κ1) is 10.2. The lowest BCUT2D eigenvalue weighted by atomic mass is 9.59. The van der Waals surface area contributed by atoms with Gasteiger partial charge >= 0.3 is 0 Å². The Hall–Kier alpha value is -1.70. The van der Waals surface area contributed by atoms with Gasteiger partial charge < -0.3 is 0 Å². The maximum atomic E-state index is 12.8. The summed E-state index contributed by atoms with van der Waals surface area (Å²) < 4.78 is 0. The highest BCUT2D eigenvalue weighted by Crippen LogP contribution is 2.60. The molecule has 1 fully saturated rings. The maximum absolute atomic E-state index is 12.8. The summed E-state index contributed by atoms with van der Waals surface area (Å²) >= 11 is 0. The van der Waals surface area contributed by atoms with Crippen LogP contribution in [0.1, 0.15) is 34.1 Å². The molecule has 0 amide bonds. The number of Topliss-reactive ketones (excluding diaryl/α,β-unsaturated/α-hetero) is 2. The molecule has 2 nitrogen and oxygen atoms in total. The zero-order valence-electron chi connectivity index (χ0n) is 10.2. The minimum Gasteiger partial charge on any atom is -0.294 e. The molecule has 3 aliphatic carbocycles. The van der Waals surface area contributed by atoms with Crippen molar-refractivity contribution in [2.24, 2.45) is 23.2 Å². The number of ketones is 2. The van der Waals surface area contributed by atoms with Crippen molar-refractivity contribution in [2.45, 2.75) is 13.3 Å². The molecule has 1 aromatic rings. The lowest BCUT2D eigenvalue weighted by Crippen LogP contribution is -2.47. The van der Waals surface area contributed by atoms with E-state index < -0.39 is 5.41 Å². The zero-order chi connectivity index (χ0) is 12.5. The van der Waals surface area contributed by atoms with Crippen LogP contribution >= 0.6 is 0 Å². The average molecular weight is 238 g/mol. The molecule has 4 atom stereocenters. The summed E-state index contributed by atoms with van der Waals surface area (Å²) in [6.07, 6.45) is 5.24. The van der Waals surface area contributed by atoms with Crippen LogP contribution < -0.4 is 0 Å². The molecule has 0 aliphatic heterocycles. The van der Waals surface area contributed by atoms with E-state index in [2.05, 4.69) is 12.2 Å². The molecule has 0 N–H and O–H groups in total. The van der Waals surface area contributed by atoms with Gasteiger partial charge in [0.1, 0.15) is 0 Å². The lowest BCUT2D eigenvalue weighted by Gasteiger charge is -2.40. The van der Waals surface area contributed by atoms with Crippen molar-refractivity contribution in [3.8, 4) is 0 Å². The third kappa shape index (κ3) is 0.925. The van der Waals surface area contributed by atoms with Crippen molar-refractivity contribution in [3.05, 3.63) is 47.5 Å². The number of hydrogen-bond acceptors (Lipinski definition) is 2. The predicted molar refractivity (Wildman–Crippen MR) is 67.4 cm³/mol. The van der Waals surface area contributed by atoms with Gasteiger partial charge in [-0.3, -0.25) is 9.59 Å². The third-order valence-corrected chi connectivity index (χ3v) is 5.17. The third-order valence-electron chi connectivity index (χ3n) is 5.17. The van der Waals surface area contributed by atoms with Crippen molar-refractivity contribution in [2.75, 3.05) is 0 Å². The predicted octanol–water partition coefficient (Wildman–Crippen LogP) is 2.89. The fraction of sp³-hybridized carbons (Fsp3) is 0.375. The van der Waals surface area contributed by atoms with E-state index in [1.165, 1.54) is 0 Å². The van der Waals surface area contributed by atoms with Crippen LogP contribution in [0.4, 0.5) is 0 Å². The molecule has 0 heterocycles. The van der Waals surface area contributed by atoms with Crippen molar-refractivity contribution < 1.29 is 9.59 Å². The first-order chi connectivity index (χ1) is 8.64. The Morgan fingerprint density at radius 3 is 2.61 bits per heavy atom. The van der Waals surface area contributed by atoms with E-state index in [0.29, 0.717) is 11.1 Å². The first-order valence-electron chi connectivity index (χ1n) is 6.50. The van der Waals surface area contributed by atoms with Gasteiger partial charge in [0.2, 0.25) is 0 Å².